The normalized spacial score (nSPS) is 26.0. The Morgan fingerprint density at radius 1 is 1.35 bits per heavy atom. The molecule has 0 radical (unpaired) electrons. The summed E-state index contributed by atoms with van der Waals surface area (Å²) in [5.74, 6) is 0.779. The van der Waals surface area contributed by atoms with Crippen LogP contribution >= 0.6 is 0 Å². The monoisotopic (exact) mass is 273 g/mol. The molecule has 5 nitrogen and oxygen atoms in total. The first-order valence-corrected chi connectivity index (χ1v) is 6.89. The first-order valence-electron chi connectivity index (χ1n) is 6.89. The van der Waals surface area contributed by atoms with Crippen LogP contribution in [0, 0.1) is 0 Å². The van der Waals surface area contributed by atoms with Crippen LogP contribution in [0.4, 0.5) is 0 Å². The molecule has 1 atom stereocenters. The molecule has 0 aromatic heterocycles. The van der Waals surface area contributed by atoms with Gasteiger partial charge in [-0.3, -0.25) is 4.79 Å². The first kappa shape index (κ1) is 13.1. The molecule has 5 heteroatoms. The quantitative estimate of drug-likeness (QED) is 0.876. The maximum absolute atomic E-state index is 12.5. The Morgan fingerprint density at radius 2 is 2.10 bits per heavy atom. The summed E-state index contributed by atoms with van der Waals surface area (Å²) in [4.78, 5) is 19.0. The molecule has 0 saturated carbocycles. The fraction of sp³-hybridized carbons (Fsp3) is 0.467. The molecule has 1 N–H and O–H groups in total. The largest absolute Gasteiger partial charge is 0.497 e. The molecule has 2 aliphatic heterocycles. The highest BCUT2D eigenvalue weighted by atomic mass is 16.5. The summed E-state index contributed by atoms with van der Waals surface area (Å²) in [5, 5.41) is 3.34. The highest BCUT2D eigenvalue weighted by Gasteiger charge is 2.45. The molecule has 1 amide bonds. The van der Waals surface area contributed by atoms with E-state index in [1.54, 1.807) is 12.0 Å². The van der Waals surface area contributed by atoms with E-state index in [4.69, 9.17) is 9.73 Å². The van der Waals surface area contributed by atoms with Crippen molar-refractivity contribution >= 4 is 11.6 Å². The number of rotatable bonds is 2. The third-order valence-electron chi connectivity index (χ3n) is 4.15. The number of amides is 1. The molecule has 1 fully saturated rings. The second-order valence-corrected chi connectivity index (χ2v) is 5.32. The van der Waals surface area contributed by atoms with E-state index in [-0.39, 0.29) is 5.91 Å². The molecule has 106 valence electrons. The molecular weight excluding hydrogens is 254 g/mol. The molecule has 0 aliphatic carbocycles. The number of hydrogen-bond acceptors (Lipinski definition) is 4. The Balaban J connectivity index is 1.95. The van der Waals surface area contributed by atoms with Crippen molar-refractivity contribution < 1.29 is 9.53 Å². The number of carbonyl (C=O) groups excluding carboxylic acids is 1. The summed E-state index contributed by atoms with van der Waals surface area (Å²) < 4.78 is 5.14. The van der Waals surface area contributed by atoms with Crippen LogP contribution in [0.15, 0.2) is 29.3 Å². The number of nitrogens with zero attached hydrogens (tertiary/aromatic N) is 2. The SMILES string of the molecule is COc1ccc(C2=NC3(CCCNC3)N(C)C2=O)cc1. The van der Waals surface area contributed by atoms with Crippen molar-refractivity contribution in [3.63, 3.8) is 0 Å². The molecule has 3 rings (SSSR count). The van der Waals surface area contributed by atoms with Gasteiger partial charge in [-0.15, -0.1) is 0 Å². The van der Waals surface area contributed by atoms with Crippen LogP contribution in [0.2, 0.25) is 0 Å². The van der Waals surface area contributed by atoms with Gasteiger partial charge in [0.05, 0.1) is 7.11 Å². The van der Waals surface area contributed by atoms with Gasteiger partial charge < -0.3 is 15.0 Å². The van der Waals surface area contributed by atoms with Crippen molar-refractivity contribution in [2.24, 2.45) is 4.99 Å². The minimum absolute atomic E-state index is 0.00105. The molecule has 1 spiro atoms. The lowest BCUT2D eigenvalue weighted by Crippen LogP contribution is -2.53. The summed E-state index contributed by atoms with van der Waals surface area (Å²) in [6, 6.07) is 7.49. The van der Waals surface area contributed by atoms with Crippen molar-refractivity contribution in [1.82, 2.24) is 10.2 Å². The first-order chi connectivity index (χ1) is 9.66. The molecule has 20 heavy (non-hydrogen) atoms. The van der Waals surface area contributed by atoms with E-state index in [1.807, 2.05) is 31.3 Å². The predicted molar refractivity (Wildman–Crippen MR) is 77.1 cm³/mol. The van der Waals surface area contributed by atoms with Gasteiger partial charge in [-0.25, -0.2) is 4.99 Å². The Kier molecular flexibility index (Phi) is 3.22. The maximum atomic E-state index is 12.5. The van der Waals surface area contributed by atoms with Crippen molar-refractivity contribution in [2.75, 3.05) is 27.2 Å². The Hall–Kier alpha value is -1.88. The van der Waals surface area contributed by atoms with E-state index < -0.39 is 5.66 Å². The minimum Gasteiger partial charge on any atom is -0.497 e. The van der Waals surface area contributed by atoms with E-state index in [2.05, 4.69) is 5.32 Å². The lowest BCUT2D eigenvalue weighted by molar-refractivity contribution is -0.126. The van der Waals surface area contributed by atoms with Crippen LogP contribution in [0.3, 0.4) is 0 Å². The Bertz CT molecular complexity index is 545. The van der Waals surface area contributed by atoms with E-state index >= 15 is 0 Å². The van der Waals surface area contributed by atoms with Crippen LogP contribution in [-0.4, -0.2) is 49.4 Å². The standard InChI is InChI=1S/C15H19N3O2/c1-18-14(19)13(11-4-6-12(20-2)7-5-11)17-15(18)8-3-9-16-10-15/h4-7,16H,3,8-10H2,1-2H3. The van der Waals surface area contributed by atoms with Gasteiger partial charge in [-0.05, 0) is 43.7 Å². The van der Waals surface area contributed by atoms with Gasteiger partial charge in [0.1, 0.15) is 17.1 Å². The van der Waals surface area contributed by atoms with Gasteiger partial charge in [0.25, 0.3) is 5.91 Å². The van der Waals surface area contributed by atoms with Gasteiger partial charge in [0, 0.05) is 19.2 Å². The molecule has 1 aromatic rings. The minimum atomic E-state index is -0.398. The maximum Gasteiger partial charge on any atom is 0.274 e. The number of hydrogen-bond donors (Lipinski definition) is 1. The molecule has 1 saturated heterocycles. The number of likely N-dealkylation sites (N-methyl/N-ethyl adjacent to an activating group) is 1. The van der Waals surface area contributed by atoms with E-state index in [1.165, 1.54) is 0 Å². The lowest BCUT2D eigenvalue weighted by Gasteiger charge is -2.37. The fourth-order valence-electron chi connectivity index (χ4n) is 2.87. The van der Waals surface area contributed by atoms with Gasteiger partial charge in [0.15, 0.2) is 0 Å². The number of carbonyl (C=O) groups is 1. The summed E-state index contributed by atoms with van der Waals surface area (Å²) in [6.45, 7) is 1.73. The molecule has 1 aromatic carbocycles. The molecule has 1 unspecified atom stereocenters. The van der Waals surface area contributed by atoms with Crippen LogP contribution < -0.4 is 10.1 Å². The summed E-state index contributed by atoms with van der Waals surface area (Å²) in [5.41, 5.74) is 1.01. The van der Waals surface area contributed by atoms with Crippen LogP contribution in [-0.2, 0) is 4.79 Å². The highest BCUT2D eigenvalue weighted by Crippen LogP contribution is 2.31. The molecular formula is C15H19N3O2. The van der Waals surface area contributed by atoms with Gasteiger partial charge >= 0.3 is 0 Å². The number of benzene rings is 1. The van der Waals surface area contributed by atoms with Gasteiger partial charge in [-0.2, -0.15) is 0 Å². The van der Waals surface area contributed by atoms with Gasteiger partial charge in [0.2, 0.25) is 0 Å². The number of piperidine rings is 1. The van der Waals surface area contributed by atoms with E-state index in [9.17, 15) is 4.79 Å². The van der Waals surface area contributed by atoms with E-state index in [0.29, 0.717) is 5.71 Å². The second kappa shape index (κ2) is 4.90. The van der Waals surface area contributed by atoms with Crippen LogP contribution in [0.25, 0.3) is 0 Å². The summed E-state index contributed by atoms with van der Waals surface area (Å²) in [6.07, 6.45) is 1.96. The summed E-state index contributed by atoms with van der Waals surface area (Å²) in [7, 11) is 3.47. The van der Waals surface area contributed by atoms with Crippen molar-refractivity contribution in [3.05, 3.63) is 29.8 Å². The fourth-order valence-corrected chi connectivity index (χ4v) is 2.87. The summed E-state index contributed by atoms with van der Waals surface area (Å²) >= 11 is 0. The van der Waals surface area contributed by atoms with E-state index in [0.717, 1.165) is 37.2 Å². The second-order valence-electron chi connectivity index (χ2n) is 5.32. The van der Waals surface area contributed by atoms with Crippen molar-refractivity contribution in [3.8, 4) is 5.75 Å². The third-order valence-corrected chi connectivity index (χ3v) is 4.15. The number of aliphatic imine (C=N–C) groups is 1. The van der Waals surface area contributed by atoms with Crippen molar-refractivity contribution in [1.29, 1.82) is 0 Å². The molecule has 0 bridgehead atoms. The average molecular weight is 273 g/mol. The Morgan fingerprint density at radius 3 is 2.70 bits per heavy atom. The highest BCUT2D eigenvalue weighted by molar-refractivity contribution is 6.46. The van der Waals surface area contributed by atoms with Crippen molar-refractivity contribution in [2.45, 2.75) is 18.5 Å². The molecule has 2 heterocycles. The third kappa shape index (κ3) is 1.98. The van der Waals surface area contributed by atoms with Crippen LogP contribution in [0.5, 0.6) is 5.75 Å². The Labute approximate surface area is 118 Å². The number of nitrogens with one attached hydrogen (secondary N) is 1. The van der Waals surface area contributed by atoms with Crippen LogP contribution in [0.1, 0.15) is 18.4 Å². The zero-order chi connectivity index (χ0) is 14.2. The zero-order valence-electron chi connectivity index (χ0n) is 11.8. The number of methoxy groups -OCH3 is 1. The smallest absolute Gasteiger partial charge is 0.274 e. The number of ether oxygens (including phenoxy) is 1. The average Bonchev–Trinajstić information content (AvgIpc) is 2.74. The molecule has 2 aliphatic rings. The van der Waals surface area contributed by atoms with Gasteiger partial charge in [-0.1, -0.05) is 0 Å². The predicted octanol–water partition coefficient (Wildman–Crippen LogP) is 1.04. The topological polar surface area (TPSA) is 53.9 Å². The lowest BCUT2D eigenvalue weighted by atomic mass is 10.00. The zero-order valence-corrected chi connectivity index (χ0v) is 11.8.